The zero-order chi connectivity index (χ0) is 19.9. The molecule has 3 rings (SSSR count). The van der Waals surface area contributed by atoms with Crippen molar-refractivity contribution in [1.29, 1.82) is 0 Å². The fourth-order valence-electron chi connectivity index (χ4n) is 3.26. The van der Waals surface area contributed by atoms with Gasteiger partial charge in [0.15, 0.2) is 12.4 Å². The number of aliphatic hydroxyl groups excluding tert-OH is 1. The van der Waals surface area contributed by atoms with Gasteiger partial charge in [-0.1, -0.05) is 60.7 Å². The average Bonchev–Trinajstić information content (AvgIpc) is 2.68. The average molecular weight is 386 g/mol. The number of ether oxygens (including phenoxy) is 4. The van der Waals surface area contributed by atoms with E-state index in [2.05, 4.69) is 0 Å². The van der Waals surface area contributed by atoms with Crippen LogP contribution in [0.15, 0.2) is 60.7 Å². The number of esters is 1. The SMILES string of the molecule is CC(=O)O[C@@H]1[C@H](OCc2ccccc2)[C@H](C)OC(O)[C@H]1OCc1ccccc1. The summed E-state index contributed by atoms with van der Waals surface area (Å²) in [7, 11) is 0. The maximum Gasteiger partial charge on any atom is 0.303 e. The lowest BCUT2D eigenvalue weighted by atomic mass is 9.99. The van der Waals surface area contributed by atoms with Crippen LogP contribution in [-0.2, 0) is 37.0 Å². The molecule has 1 heterocycles. The molecule has 2 aromatic rings. The number of aliphatic hydroxyl groups is 1. The van der Waals surface area contributed by atoms with E-state index in [1.807, 2.05) is 60.7 Å². The third-order valence-electron chi connectivity index (χ3n) is 4.62. The van der Waals surface area contributed by atoms with Crippen molar-refractivity contribution in [1.82, 2.24) is 0 Å². The van der Waals surface area contributed by atoms with Crippen molar-refractivity contribution in [3.8, 4) is 0 Å². The van der Waals surface area contributed by atoms with Gasteiger partial charge in [0.05, 0.1) is 19.3 Å². The van der Waals surface area contributed by atoms with E-state index in [0.717, 1.165) is 11.1 Å². The zero-order valence-electron chi connectivity index (χ0n) is 16.1. The van der Waals surface area contributed by atoms with Crippen LogP contribution in [0.4, 0.5) is 0 Å². The fraction of sp³-hybridized carbons (Fsp3) is 0.409. The monoisotopic (exact) mass is 386 g/mol. The van der Waals surface area contributed by atoms with Crippen LogP contribution in [0.5, 0.6) is 0 Å². The largest absolute Gasteiger partial charge is 0.457 e. The number of carbonyl (C=O) groups is 1. The molecule has 1 aliphatic rings. The molecule has 0 aromatic heterocycles. The fourth-order valence-corrected chi connectivity index (χ4v) is 3.26. The number of carbonyl (C=O) groups excluding carboxylic acids is 1. The Morgan fingerprint density at radius 2 is 1.39 bits per heavy atom. The minimum atomic E-state index is -1.22. The van der Waals surface area contributed by atoms with Crippen LogP contribution in [0.2, 0.25) is 0 Å². The summed E-state index contributed by atoms with van der Waals surface area (Å²) in [5.74, 6) is -0.465. The molecule has 1 aliphatic heterocycles. The molecule has 0 amide bonds. The van der Waals surface area contributed by atoms with Gasteiger partial charge in [0.1, 0.15) is 12.2 Å². The molecule has 6 nitrogen and oxygen atoms in total. The van der Waals surface area contributed by atoms with Gasteiger partial charge in [-0.15, -0.1) is 0 Å². The van der Waals surface area contributed by atoms with E-state index in [0.29, 0.717) is 6.61 Å². The van der Waals surface area contributed by atoms with Gasteiger partial charge >= 0.3 is 5.97 Å². The summed E-state index contributed by atoms with van der Waals surface area (Å²) < 4.78 is 23.0. The Labute approximate surface area is 165 Å². The van der Waals surface area contributed by atoms with Crippen molar-refractivity contribution in [2.24, 2.45) is 0 Å². The molecule has 1 fully saturated rings. The van der Waals surface area contributed by atoms with E-state index in [-0.39, 0.29) is 6.61 Å². The van der Waals surface area contributed by atoms with Crippen LogP contribution < -0.4 is 0 Å². The van der Waals surface area contributed by atoms with Gasteiger partial charge < -0.3 is 24.1 Å². The van der Waals surface area contributed by atoms with Gasteiger partial charge in [-0.05, 0) is 18.1 Å². The molecule has 0 spiro atoms. The molecule has 28 heavy (non-hydrogen) atoms. The topological polar surface area (TPSA) is 74.2 Å². The Balaban J connectivity index is 1.73. The van der Waals surface area contributed by atoms with Crippen LogP contribution in [0, 0.1) is 0 Å². The lowest BCUT2D eigenvalue weighted by Gasteiger charge is -2.42. The van der Waals surface area contributed by atoms with Crippen LogP contribution in [0.1, 0.15) is 25.0 Å². The predicted molar refractivity (Wildman–Crippen MR) is 102 cm³/mol. The van der Waals surface area contributed by atoms with E-state index in [9.17, 15) is 9.90 Å². The lowest BCUT2D eigenvalue weighted by molar-refractivity contribution is -0.301. The van der Waals surface area contributed by atoms with Gasteiger partial charge in [0, 0.05) is 6.92 Å². The zero-order valence-corrected chi connectivity index (χ0v) is 16.1. The van der Waals surface area contributed by atoms with E-state index in [1.165, 1.54) is 6.92 Å². The third-order valence-corrected chi connectivity index (χ3v) is 4.62. The highest BCUT2D eigenvalue weighted by atomic mass is 16.7. The van der Waals surface area contributed by atoms with Crippen molar-refractivity contribution in [2.75, 3.05) is 0 Å². The minimum Gasteiger partial charge on any atom is -0.457 e. The molecule has 5 atom stereocenters. The Morgan fingerprint density at radius 1 is 0.893 bits per heavy atom. The summed E-state index contributed by atoms with van der Waals surface area (Å²) in [6.07, 6.45) is -3.92. The van der Waals surface area contributed by atoms with Crippen LogP contribution in [-0.4, -0.2) is 41.8 Å². The second-order valence-corrected chi connectivity index (χ2v) is 6.83. The molecule has 1 N–H and O–H groups in total. The second-order valence-electron chi connectivity index (χ2n) is 6.83. The summed E-state index contributed by atoms with van der Waals surface area (Å²) in [5.41, 5.74) is 1.93. The van der Waals surface area contributed by atoms with Gasteiger partial charge in [0.2, 0.25) is 0 Å². The maximum atomic E-state index is 11.7. The first-order valence-electron chi connectivity index (χ1n) is 9.36. The van der Waals surface area contributed by atoms with Crippen molar-refractivity contribution in [3.05, 3.63) is 71.8 Å². The molecule has 0 bridgehead atoms. The lowest BCUT2D eigenvalue weighted by Crippen LogP contribution is -2.59. The summed E-state index contributed by atoms with van der Waals surface area (Å²) >= 11 is 0. The second kappa shape index (κ2) is 9.80. The minimum absolute atomic E-state index is 0.253. The van der Waals surface area contributed by atoms with Crippen molar-refractivity contribution in [2.45, 2.75) is 57.8 Å². The molecule has 6 heteroatoms. The molecule has 1 unspecified atom stereocenters. The summed E-state index contributed by atoms with van der Waals surface area (Å²) in [4.78, 5) is 11.7. The highest BCUT2D eigenvalue weighted by Gasteiger charge is 2.47. The Bertz CT molecular complexity index is 680. The van der Waals surface area contributed by atoms with E-state index < -0.39 is 36.7 Å². The molecular formula is C22H26O6. The predicted octanol–water partition coefficient (Wildman–Crippen LogP) is 2.83. The first kappa shape index (κ1) is 20.5. The third kappa shape index (κ3) is 5.39. The molecule has 1 saturated heterocycles. The molecule has 0 radical (unpaired) electrons. The highest BCUT2D eigenvalue weighted by Crippen LogP contribution is 2.28. The first-order chi connectivity index (χ1) is 13.5. The van der Waals surface area contributed by atoms with E-state index in [1.54, 1.807) is 6.92 Å². The molecular weight excluding hydrogens is 360 g/mol. The van der Waals surface area contributed by atoms with E-state index in [4.69, 9.17) is 18.9 Å². The quantitative estimate of drug-likeness (QED) is 0.738. The summed E-state index contributed by atoms with van der Waals surface area (Å²) in [5, 5.41) is 10.4. The van der Waals surface area contributed by atoms with Crippen LogP contribution >= 0.6 is 0 Å². The Kier molecular flexibility index (Phi) is 7.17. The van der Waals surface area contributed by atoms with E-state index >= 15 is 0 Å². The number of hydrogen-bond donors (Lipinski definition) is 1. The van der Waals surface area contributed by atoms with Crippen LogP contribution in [0.3, 0.4) is 0 Å². The van der Waals surface area contributed by atoms with Gasteiger partial charge in [-0.25, -0.2) is 0 Å². The Morgan fingerprint density at radius 3 is 1.89 bits per heavy atom. The summed E-state index contributed by atoms with van der Waals surface area (Å²) in [6.45, 7) is 3.69. The van der Waals surface area contributed by atoms with Crippen LogP contribution in [0.25, 0.3) is 0 Å². The molecule has 0 saturated carbocycles. The van der Waals surface area contributed by atoms with Gasteiger partial charge in [0.25, 0.3) is 0 Å². The standard InChI is InChI=1S/C22H26O6/c1-15-19(25-13-17-9-5-3-6-10-17)20(28-16(2)23)21(22(24)27-15)26-14-18-11-7-4-8-12-18/h3-12,15,19-22,24H,13-14H2,1-2H3/t15-,19+,20+,21-,22?/m0/s1. The number of rotatable bonds is 7. The van der Waals surface area contributed by atoms with Crippen molar-refractivity contribution < 1.29 is 28.8 Å². The number of hydrogen-bond acceptors (Lipinski definition) is 6. The highest BCUT2D eigenvalue weighted by molar-refractivity contribution is 5.66. The van der Waals surface area contributed by atoms with Crippen molar-refractivity contribution >= 4 is 5.97 Å². The Hall–Kier alpha value is -2.25. The molecule has 0 aliphatic carbocycles. The van der Waals surface area contributed by atoms with Gasteiger partial charge in [-0.3, -0.25) is 4.79 Å². The van der Waals surface area contributed by atoms with Crippen molar-refractivity contribution in [3.63, 3.8) is 0 Å². The van der Waals surface area contributed by atoms with Gasteiger partial charge in [-0.2, -0.15) is 0 Å². The molecule has 2 aromatic carbocycles. The molecule has 150 valence electrons. The normalized spacial score (nSPS) is 27.3. The first-order valence-corrected chi connectivity index (χ1v) is 9.36. The number of benzene rings is 2. The maximum absolute atomic E-state index is 11.7. The smallest absolute Gasteiger partial charge is 0.303 e. The summed E-state index contributed by atoms with van der Waals surface area (Å²) in [6, 6.07) is 19.3.